The fourth-order valence-electron chi connectivity index (χ4n) is 2.67. The Kier molecular flexibility index (Phi) is 5.32. The second-order valence-corrected chi connectivity index (χ2v) is 6.64. The molecule has 0 saturated carbocycles. The summed E-state index contributed by atoms with van der Waals surface area (Å²) in [6.45, 7) is 2.06. The van der Waals surface area contributed by atoms with Crippen LogP contribution >= 0.6 is 11.8 Å². The lowest BCUT2D eigenvalue weighted by Crippen LogP contribution is -2.27. The van der Waals surface area contributed by atoms with E-state index in [4.69, 9.17) is 9.47 Å². The van der Waals surface area contributed by atoms with Crippen LogP contribution in [-0.2, 0) is 11.2 Å². The average Bonchev–Trinajstić information content (AvgIpc) is 2.95. The summed E-state index contributed by atoms with van der Waals surface area (Å²) in [5, 5.41) is -0.300. The second kappa shape index (κ2) is 7.66. The molecule has 1 saturated heterocycles. The fraction of sp³-hybridized carbons (Fsp3) is 0.200. The highest BCUT2D eigenvalue weighted by Crippen LogP contribution is 2.37. The third kappa shape index (κ3) is 3.46. The first-order chi connectivity index (χ1) is 12.6. The molecule has 1 fully saturated rings. The molecule has 0 radical (unpaired) electrons. The minimum atomic E-state index is -0.320. The molecule has 1 heterocycles. The van der Waals surface area contributed by atoms with Gasteiger partial charge >= 0.3 is 0 Å². The molecule has 3 rings (SSSR count). The number of hydrogen-bond donors (Lipinski definition) is 0. The smallest absolute Gasteiger partial charge is 0.298 e. The number of anilines is 1. The van der Waals surface area contributed by atoms with Gasteiger partial charge in [0.1, 0.15) is 0 Å². The van der Waals surface area contributed by atoms with E-state index < -0.39 is 0 Å². The molecule has 134 valence electrons. The molecule has 1 aliphatic rings. The Labute approximate surface area is 156 Å². The zero-order valence-corrected chi connectivity index (χ0v) is 15.6. The van der Waals surface area contributed by atoms with Crippen molar-refractivity contribution in [3.8, 4) is 11.5 Å². The predicted molar refractivity (Wildman–Crippen MR) is 104 cm³/mol. The summed E-state index contributed by atoms with van der Waals surface area (Å²) in [5.41, 5.74) is 2.50. The third-order valence-corrected chi connectivity index (χ3v) is 4.97. The topological polar surface area (TPSA) is 55.8 Å². The van der Waals surface area contributed by atoms with Crippen molar-refractivity contribution in [2.75, 3.05) is 19.1 Å². The Morgan fingerprint density at radius 2 is 1.69 bits per heavy atom. The van der Waals surface area contributed by atoms with E-state index in [-0.39, 0.29) is 11.1 Å². The summed E-state index contributed by atoms with van der Waals surface area (Å²) in [4.78, 5) is 26.6. The Balaban J connectivity index is 1.89. The lowest BCUT2D eigenvalue weighted by Gasteiger charge is -2.12. The summed E-state index contributed by atoms with van der Waals surface area (Å²) in [6, 6.07) is 12.8. The number of amides is 2. The van der Waals surface area contributed by atoms with Crippen LogP contribution < -0.4 is 14.4 Å². The summed E-state index contributed by atoms with van der Waals surface area (Å²) in [5.74, 6) is 0.850. The summed E-state index contributed by atoms with van der Waals surface area (Å²) >= 11 is 0.931. The van der Waals surface area contributed by atoms with E-state index in [9.17, 15) is 9.59 Å². The number of rotatable bonds is 5. The zero-order chi connectivity index (χ0) is 18.7. The molecule has 0 atom stereocenters. The second-order valence-electron chi connectivity index (χ2n) is 5.65. The van der Waals surface area contributed by atoms with Gasteiger partial charge in [-0.25, -0.2) is 4.90 Å². The molecular weight excluding hydrogens is 350 g/mol. The standard InChI is InChI=1S/C20H19NO4S/c1-4-13-5-8-15(9-6-13)21-19(22)18(26-20(21)23)12-14-7-10-16(24-2)17(11-14)25-3/h5-12H,4H2,1-3H3/b18-12-. The molecule has 0 N–H and O–H groups in total. The number of thioether (sulfide) groups is 1. The number of benzene rings is 2. The lowest BCUT2D eigenvalue weighted by molar-refractivity contribution is -0.113. The molecule has 6 heteroatoms. The van der Waals surface area contributed by atoms with Gasteiger partial charge in [-0.3, -0.25) is 9.59 Å². The van der Waals surface area contributed by atoms with Crippen molar-refractivity contribution < 1.29 is 19.1 Å². The lowest BCUT2D eigenvalue weighted by atomic mass is 10.1. The highest BCUT2D eigenvalue weighted by Gasteiger charge is 2.36. The molecule has 2 aromatic carbocycles. The van der Waals surface area contributed by atoms with Crippen LogP contribution in [0.3, 0.4) is 0 Å². The Morgan fingerprint density at radius 3 is 2.31 bits per heavy atom. The van der Waals surface area contributed by atoms with Gasteiger partial charge in [0.05, 0.1) is 24.8 Å². The van der Waals surface area contributed by atoms with Crippen LogP contribution in [-0.4, -0.2) is 25.4 Å². The van der Waals surface area contributed by atoms with Gasteiger partial charge in [0.2, 0.25) is 0 Å². The van der Waals surface area contributed by atoms with Gasteiger partial charge in [-0.15, -0.1) is 0 Å². The van der Waals surface area contributed by atoms with E-state index in [1.165, 1.54) is 4.90 Å². The largest absolute Gasteiger partial charge is 0.493 e. The number of carbonyl (C=O) groups excluding carboxylic acids is 2. The predicted octanol–water partition coefficient (Wildman–Crippen LogP) is 4.51. The minimum absolute atomic E-state index is 0.300. The molecule has 26 heavy (non-hydrogen) atoms. The molecule has 0 aromatic heterocycles. The maximum atomic E-state index is 12.7. The number of carbonyl (C=O) groups is 2. The van der Waals surface area contributed by atoms with Crippen molar-refractivity contribution in [3.63, 3.8) is 0 Å². The molecule has 2 aromatic rings. The summed E-state index contributed by atoms with van der Waals surface area (Å²) in [7, 11) is 3.11. The maximum Gasteiger partial charge on any atom is 0.298 e. The SMILES string of the molecule is CCc1ccc(N2C(=O)S/C(=C\c3ccc(OC)c(OC)c3)C2=O)cc1. The van der Waals surface area contributed by atoms with Crippen LogP contribution in [0.1, 0.15) is 18.1 Å². The van der Waals surface area contributed by atoms with Gasteiger partial charge in [-0.05, 0) is 59.7 Å². The fourth-order valence-corrected chi connectivity index (χ4v) is 3.51. The van der Waals surface area contributed by atoms with Gasteiger partial charge in [0, 0.05) is 0 Å². The molecular formula is C20H19NO4S. The first-order valence-electron chi connectivity index (χ1n) is 8.16. The zero-order valence-electron chi connectivity index (χ0n) is 14.8. The van der Waals surface area contributed by atoms with Crippen molar-refractivity contribution in [3.05, 3.63) is 58.5 Å². The van der Waals surface area contributed by atoms with Gasteiger partial charge < -0.3 is 9.47 Å². The third-order valence-electron chi connectivity index (χ3n) is 4.10. The van der Waals surface area contributed by atoms with Crippen LogP contribution in [0.5, 0.6) is 11.5 Å². The van der Waals surface area contributed by atoms with Gasteiger partial charge in [0.25, 0.3) is 11.1 Å². The van der Waals surface area contributed by atoms with E-state index in [1.54, 1.807) is 44.6 Å². The van der Waals surface area contributed by atoms with E-state index >= 15 is 0 Å². The van der Waals surface area contributed by atoms with Crippen molar-refractivity contribution in [2.24, 2.45) is 0 Å². The maximum absolute atomic E-state index is 12.7. The molecule has 0 aliphatic carbocycles. The quantitative estimate of drug-likeness (QED) is 0.726. The van der Waals surface area contributed by atoms with E-state index in [0.717, 1.165) is 29.3 Å². The number of imide groups is 1. The molecule has 0 bridgehead atoms. The minimum Gasteiger partial charge on any atom is -0.493 e. The first kappa shape index (κ1) is 18.1. The van der Waals surface area contributed by atoms with Crippen LogP contribution in [0.15, 0.2) is 47.4 Å². The monoisotopic (exact) mass is 369 g/mol. The van der Waals surface area contributed by atoms with Gasteiger partial charge in [-0.2, -0.15) is 0 Å². The summed E-state index contributed by atoms with van der Waals surface area (Å²) < 4.78 is 10.5. The highest BCUT2D eigenvalue weighted by molar-refractivity contribution is 8.19. The van der Waals surface area contributed by atoms with Crippen molar-refractivity contribution in [1.29, 1.82) is 0 Å². The number of hydrogen-bond acceptors (Lipinski definition) is 5. The average molecular weight is 369 g/mol. The van der Waals surface area contributed by atoms with Crippen LogP contribution in [0.4, 0.5) is 10.5 Å². The van der Waals surface area contributed by atoms with Crippen molar-refractivity contribution in [1.82, 2.24) is 0 Å². The normalized spacial score (nSPS) is 15.7. The molecule has 5 nitrogen and oxygen atoms in total. The van der Waals surface area contributed by atoms with Crippen molar-refractivity contribution >= 4 is 34.7 Å². The number of methoxy groups -OCH3 is 2. The highest BCUT2D eigenvalue weighted by atomic mass is 32.2. The molecule has 2 amide bonds. The molecule has 1 aliphatic heterocycles. The van der Waals surface area contributed by atoms with E-state index in [0.29, 0.717) is 22.1 Å². The Hall–Kier alpha value is -2.73. The van der Waals surface area contributed by atoms with E-state index in [2.05, 4.69) is 6.92 Å². The van der Waals surface area contributed by atoms with Gasteiger partial charge in [-0.1, -0.05) is 25.1 Å². The molecule has 0 unspecified atom stereocenters. The number of aryl methyl sites for hydroxylation is 1. The van der Waals surface area contributed by atoms with Crippen LogP contribution in [0, 0.1) is 0 Å². The van der Waals surface area contributed by atoms with Crippen molar-refractivity contribution in [2.45, 2.75) is 13.3 Å². The summed E-state index contributed by atoms with van der Waals surface area (Å²) in [6.07, 6.45) is 2.59. The van der Waals surface area contributed by atoms with Crippen LogP contribution in [0.2, 0.25) is 0 Å². The first-order valence-corrected chi connectivity index (χ1v) is 8.98. The number of nitrogens with zero attached hydrogens (tertiary/aromatic N) is 1. The number of ether oxygens (including phenoxy) is 2. The van der Waals surface area contributed by atoms with Gasteiger partial charge in [0.15, 0.2) is 11.5 Å². The van der Waals surface area contributed by atoms with E-state index in [1.807, 2.05) is 18.2 Å². The Morgan fingerprint density at radius 1 is 1.00 bits per heavy atom. The van der Waals surface area contributed by atoms with Crippen LogP contribution in [0.25, 0.3) is 6.08 Å². The Bertz CT molecular complexity index is 874. The molecule has 0 spiro atoms.